The molecule has 2 aliphatic heterocycles. The molecule has 0 aromatic heterocycles. The fourth-order valence-corrected chi connectivity index (χ4v) is 3.74. The van der Waals surface area contributed by atoms with E-state index in [1.54, 1.807) is 42.5 Å². The average molecular weight is 429 g/mol. The van der Waals surface area contributed by atoms with E-state index in [4.69, 9.17) is 21.1 Å². The van der Waals surface area contributed by atoms with Gasteiger partial charge in [-0.2, -0.15) is 0 Å². The number of rotatable bonds is 5. The van der Waals surface area contributed by atoms with Gasteiger partial charge in [-0.05, 0) is 30.3 Å². The van der Waals surface area contributed by atoms with Crippen molar-refractivity contribution in [1.29, 1.82) is 0 Å². The first-order valence-electron chi connectivity index (χ1n) is 9.16. The first kappa shape index (κ1) is 19.9. The summed E-state index contributed by atoms with van der Waals surface area (Å²) in [5.74, 6) is -2.27. The highest BCUT2D eigenvalue weighted by molar-refractivity contribution is 6.31. The van der Waals surface area contributed by atoms with Gasteiger partial charge in [0, 0.05) is 18.0 Å². The molecule has 0 unspecified atom stereocenters. The van der Waals surface area contributed by atoms with E-state index in [9.17, 15) is 19.2 Å². The molecule has 1 atom stereocenters. The van der Waals surface area contributed by atoms with Crippen LogP contribution in [0.25, 0.3) is 0 Å². The van der Waals surface area contributed by atoms with Crippen molar-refractivity contribution in [2.24, 2.45) is 5.92 Å². The zero-order chi connectivity index (χ0) is 21.4. The van der Waals surface area contributed by atoms with Crippen LogP contribution in [0.5, 0.6) is 5.75 Å². The second kappa shape index (κ2) is 7.79. The summed E-state index contributed by atoms with van der Waals surface area (Å²) in [4.78, 5) is 52.0. The van der Waals surface area contributed by atoms with Gasteiger partial charge in [0.15, 0.2) is 6.73 Å². The van der Waals surface area contributed by atoms with Gasteiger partial charge in [-0.15, -0.1) is 0 Å². The Morgan fingerprint density at radius 1 is 1.10 bits per heavy atom. The number of anilines is 1. The van der Waals surface area contributed by atoms with Crippen LogP contribution in [0.2, 0.25) is 5.02 Å². The van der Waals surface area contributed by atoms with Gasteiger partial charge in [0.05, 0.1) is 29.8 Å². The summed E-state index contributed by atoms with van der Waals surface area (Å²) in [6.07, 6.45) is -0.0589. The summed E-state index contributed by atoms with van der Waals surface area (Å²) >= 11 is 6.03. The van der Waals surface area contributed by atoms with Crippen LogP contribution >= 0.6 is 11.6 Å². The highest BCUT2D eigenvalue weighted by atomic mass is 35.5. The predicted molar refractivity (Wildman–Crippen MR) is 106 cm³/mol. The van der Waals surface area contributed by atoms with Crippen molar-refractivity contribution in [2.45, 2.75) is 6.42 Å². The third-order valence-electron chi connectivity index (χ3n) is 5.10. The lowest BCUT2D eigenvalue weighted by atomic mass is 10.1. The number of halogens is 1. The largest absolute Gasteiger partial charge is 0.495 e. The lowest BCUT2D eigenvalue weighted by molar-refractivity contribution is -0.151. The van der Waals surface area contributed by atoms with Gasteiger partial charge in [0.25, 0.3) is 11.8 Å². The van der Waals surface area contributed by atoms with Gasteiger partial charge < -0.3 is 14.4 Å². The molecule has 2 aliphatic rings. The van der Waals surface area contributed by atoms with E-state index in [1.165, 1.54) is 12.0 Å². The SMILES string of the molecule is COc1ccc(Cl)cc1N1C[C@H](C(=O)OCN2C(=O)c3ccccc3C2=O)CC1=O. The average Bonchev–Trinajstić information content (AvgIpc) is 3.25. The maximum absolute atomic E-state index is 12.5. The van der Waals surface area contributed by atoms with Crippen LogP contribution in [0.4, 0.5) is 5.69 Å². The van der Waals surface area contributed by atoms with E-state index in [1.807, 2.05) is 0 Å². The number of amides is 3. The lowest BCUT2D eigenvalue weighted by Crippen LogP contribution is -2.35. The Hall–Kier alpha value is -3.39. The topological polar surface area (TPSA) is 93.2 Å². The molecule has 30 heavy (non-hydrogen) atoms. The van der Waals surface area contributed by atoms with Crippen LogP contribution in [0, 0.1) is 5.92 Å². The summed E-state index contributed by atoms with van der Waals surface area (Å²) in [5.41, 5.74) is 1.01. The second-order valence-corrected chi connectivity index (χ2v) is 7.33. The summed E-state index contributed by atoms with van der Waals surface area (Å²) in [6, 6.07) is 11.3. The zero-order valence-electron chi connectivity index (χ0n) is 16.0. The van der Waals surface area contributed by atoms with Crippen molar-refractivity contribution in [3.63, 3.8) is 0 Å². The number of ether oxygens (including phenoxy) is 2. The third kappa shape index (κ3) is 3.39. The van der Waals surface area contributed by atoms with E-state index in [0.29, 0.717) is 16.5 Å². The number of benzene rings is 2. The van der Waals surface area contributed by atoms with E-state index >= 15 is 0 Å². The van der Waals surface area contributed by atoms with Gasteiger partial charge in [-0.3, -0.25) is 19.2 Å². The molecule has 2 aromatic carbocycles. The Labute approximate surface area is 176 Å². The van der Waals surface area contributed by atoms with Crippen LogP contribution in [-0.4, -0.2) is 49.0 Å². The van der Waals surface area contributed by atoms with Gasteiger partial charge in [0.1, 0.15) is 5.75 Å². The molecule has 0 spiro atoms. The molecule has 154 valence electrons. The van der Waals surface area contributed by atoms with Gasteiger partial charge in [0.2, 0.25) is 5.91 Å². The van der Waals surface area contributed by atoms with E-state index in [2.05, 4.69) is 0 Å². The summed E-state index contributed by atoms with van der Waals surface area (Å²) in [7, 11) is 1.47. The third-order valence-corrected chi connectivity index (χ3v) is 5.34. The molecule has 0 saturated carbocycles. The minimum atomic E-state index is -0.739. The van der Waals surface area contributed by atoms with Crippen LogP contribution in [-0.2, 0) is 14.3 Å². The minimum Gasteiger partial charge on any atom is -0.495 e. The molecule has 3 amide bonds. The second-order valence-electron chi connectivity index (χ2n) is 6.90. The Kier molecular flexibility index (Phi) is 5.17. The molecule has 0 bridgehead atoms. The molecule has 0 radical (unpaired) electrons. The van der Waals surface area contributed by atoms with E-state index in [0.717, 1.165) is 4.90 Å². The van der Waals surface area contributed by atoms with Crippen molar-refractivity contribution >= 4 is 41.0 Å². The number of fused-ring (bicyclic) bond motifs is 1. The van der Waals surface area contributed by atoms with Crippen molar-refractivity contribution in [3.05, 3.63) is 58.6 Å². The van der Waals surface area contributed by atoms with Crippen LogP contribution < -0.4 is 9.64 Å². The molecule has 0 N–H and O–H groups in total. The van der Waals surface area contributed by atoms with Gasteiger partial charge >= 0.3 is 5.97 Å². The summed E-state index contributed by atoms with van der Waals surface area (Å²) < 4.78 is 10.5. The van der Waals surface area contributed by atoms with Crippen LogP contribution in [0.1, 0.15) is 27.1 Å². The number of nitrogens with zero attached hydrogens (tertiary/aromatic N) is 2. The molecular formula is C21H17ClN2O6. The number of hydrogen-bond acceptors (Lipinski definition) is 6. The standard InChI is InChI=1S/C21H17ClN2O6/c1-29-17-7-6-13(22)9-16(17)23-10-12(8-18(23)25)21(28)30-11-24-19(26)14-4-2-3-5-15(14)20(24)27/h2-7,9,12H,8,10-11H2,1H3/t12-/m1/s1. The molecule has 2 heterocycles. The molecule has 0 aliphatic carbocycles. The number of esters is 1. The predicted octanol–water partition coefficient (Wildman–Crippen LogP) is 2.50. The summed E-state index contributed by atoms with van der Waals surface area (Å²) in [5, 5.41) is 0.426. The van der Waals surface area contributed by atoms with Gasteiger partial charge in [-0.25, -0.2) is 4.90 Å². The van der Waals surface area contributed by atoms with Crippen molar-refractivity contribution in [3.8, 4) is 5.75 Å². The number of carbonyl (C=O) groups excluding carboxylic acids is 4. The Balaban J connectivity index is 1.42. The lowest BCUT2D eigenvalue weighted by Gasteiger charge is -2.20. The molecule has 2 aromatic rings. The molecule has 9 heteroatoms. The van der Waals surface area contributed by atoms with Crippen LogP contribution in [0.15, 0.2) is 42.5 Å². The molecular weight excluding hydrogens is 412 g/mol. The van der Waals surface area contributed by atoms with Crippen LogP contribution in [0.3, 0.4) is 0 Å². The molecule has 1 fully saturated rings. The summed E-state index contributed by atoms with van der Waals surface area (Å²) in [6.45, 7) is -0.424. The monoisotopic (exact) mass is 428 g/mol. The quantitative estimate of drug-likeness (QED) is 0.536. The van der Waals surface area contributed by atoms with Crippen molar-refractivity contribution < 1.29 is 28.7 Å². The van der Waals surface area contributed by atoms with Crippen molar-refractivity contribution in [1.82, 2.24) is 4.90 Å². The maximum Gasteiger partial charge on any atom is 0.313 e. The van der Waals surface area contributed by atoms with Crippen molar-refractivity contribution in [2.75, 3.05) is 25.3 Å². The Morgan fingerprint density at radius 3 is 2.40 bits per heavy atom. The smallest absolute Gasteiger partial charge is 0.313 e. The normalized spacial score (nSPS) is 18.1. The fourth-order valence-electron chi connectivity index (χ4n) is 3.57. The number of hydrogen-bond donors (Lipinski definition) is 0. The minimum absolute atomic E-state index is 0.0589. The highest BCUT2D eigenvalue weighted by Crippen LogP contribution is 2.35. The maximum atomic E-state index is 12.5. The number of methoxy groups -OCH3 is 1. The molecule has 8 nitrogen and oxygen atoms in total. The van der Waals surface area contributed by atoms with Gasteiger partial charge in [-0.1, -0.05) is 23.7 Å². The van der Waals surface area contributed by atoms with E-state index in [-0.39, 0.29) is 30.0 Å². The Bertz CT molecular complexity index is 1030. The van der Waals surface area contributed by atoms with E-state index < -0.39 is 30.4 Å². The molecule has 4 rings (SSSR count). The first-order chi connectivity index (χ1) is 14.4. The number of carbonyl (C=O) groups is 4. The highest BCUT2D eigenvalue weighted by Gasteiger charge is 2.39. The fraction of sp³-hybridized carbons (Fsp3) is 0.238. The molecule has 1 saturated heterocycles. The number of imide groups is 1. The first-order valence-corrected chi connectivity index (χ1v) is 9.54. The Morgan fingerprint density at radius 2 is 1.77 bits per heavy atom. The zero-order valence-corrected chi connectivity index (χ0v) is 16.7.